The predicted octanol–water partition coefficient (Wildman–Crippen LogP) is 17.0. The Labute approximate surface area is 391 Å². The van der Waals surface area contributed by atoms with Gasteiger partial charge < -0.3 is 4.57 Å². The maximum Gasteiger partial charge on any atom is 0.160 e. The van der Waals surface area contributed by atoms with Crippen molar-refractivity contribution < 1.29 is 0 Å². The maximum absolute atomic E-state index is 5.41. The van der Waals surface area contributed by atoms with Gasteiger partial charge in [-0.05, 0) is 99.8 Å². The number of nitrogens with zero attached hydrogens (tertiary/aromatic N) is 3. The summed E-state index contributed by atoms with van der Waals surface area (Å²) in [4.78, 5) is 10.8. The lowest BCUT2D eigenvalue weighted by molar-refractivity contribution is 1.03. The van der Waals surface area contributed by atoms with Crippen LogP contribution in [0.25, 0.3) is 111 Å². The molecule has 0 unspecified atom stereocenters. The van der Waals surface area contributed by atoms with Crippen LogP contribution in [0.2, 0.25) is 0 Å². The van der Waals surface area contributed by atoms with E-state index in [0.717, 1.165) is 91.0 Å². The van der Waals surface area contributed by atoms with E-state index >= 15 is 0 Å². The molecule has 12 rings (SSSR count). The Morgan fingerprint density at radius 2 is 0.821 bits per heavy atom. The van der Waals surface area contributed by atoms with Gasteiger partial charge in [-0.1, -0.05) is 206 Å². The van der Waals surface area contributed by atoms with E-state index in [4.69, 9.17) is 9.97 Å². The normalized spacial score (nSPS) is 12.4. The monoisotopic (exact) mass is 855 g/mol. The van der Waals surface area contributed by atoms with Gasteiger partial charge in [-0.25, -0.2) is 9.97 Å². The summed E-state index contributed by atoms with van der Waals surface area (Å²) in [6, 6.07) is 83.1. The lowest BCUT2D eigenvalue weighted by Crippen LogP contribution is -2.04. The average Bonchev–Trinajstić information content (AvgIpc) is 3.75. The van der Waals surface area contributed by atoms with Crippen molar-refractivity contribution in [3.63, 3.8) is 0 Å². The summed E-state index contributed by atoms with van der Waals surface area (Å²) < 4.78 is 2.55. The number of benzene rings is 9. The maximum atomic E-state index is 5.41. The molecule has 0 aliphatic heterocycles. The summed E-state index contributed by atoms with van der Waals surface area (Å²) in [6.45, 7) is 0. The minimum atomic E-state index is 0.685. The molecule has 1 aliphatic carbocycles. The fourth-order valence-electron chi connectivity index (χ4n) is 9.79. The zero-order valence-electron chi connectivity index (χ0n) is 36.9. The van der Waals surface area contributed by atoms with E-state index in [1.807, 2.05) is 0 Å². The second-order valence-corrected chi connectivity index (χ2v) is 17.2. The summed E-state index contributed by atoms with van der Waals surface area (Å²) in [5.74, 6) is 0.685. The number of aromatic nitrogens is 3. The summed E-state index contributed by atoms with van der Waals surface area (Å²) in [7, 11) is 0. The Kier molecular flexibility index (Phi) is 10.3. The molecule has 0 saturated heterocycles. The van der Waals surface area contributed by atoms with E-state index in [-0.39, 0.29) is 0 Å². The average molecular weight is 856 g/mol. The van der Waals surface area contributed by atoms with Crippen molar-refractivity contribution in [2.24, 2.45) is 0 Å². The first-order valence-corrected chi connectivity index (χ1v) is 23.1. The minimum Gasteiger partial charge on any atom is -0.307 e. The highest BCUT2D eigenvalue weighted by Crippen LogP contribution is 2.47. The van der Waals surface area contributed by atoms with Gasteiger partial charge in [0.1, 0.15) is 0 Å². The standard InChI is InChI=1S/C64H45N3/c1-8-22-44(23-9-1)51-36-37-61-57(38-51)58-40-52(45-24-10-2-11-25-45)39-54(46-26-12-3-13-27-46)63(58)67(61)62-55(47-28-14-4-15-29-47)41-53(42-56(62)48-30-16-5-17-31-48)64-65-59(49-32-18-6-19-33-49)43-60(66-64)50-34-20-7-21-35-50/h1-6,8-20,22-43H,7,21H2. The van der Waals surface area contributed by atoms with Crippen LogP contribution in [0, 0.1) is 0 Å². The number of allylic oxidation sites excluding steroid dienone is 4. The number of hydrogen-bond acceptors (Lipinski definition) is 2. The highest BCUT2D eigenvalue weighted by molar-refractivity contribution is 6.17. The summed E-state index contributed by atoms with van der Waals surface area (Å²) >= 11 is 0. The second kappa shape index (κ2) is 17.4. The second-order valence-electron chi connectivity index (χ2n) is 17.2. The molecule has 0 N–H and O–H groups in total. The first-order valence-electron chi connectivity index (χ1n) is 23.1. The lowest BCUT2D eigenvalue weighted by atomic mass is 9.91. The van der Waals surface area contributed by atoms with E-state index in [1.54, 1.807) is 0 Å². The molecule has 2 heterocycles. The summed E-state index contributed by atoms with van der Waals surface area (Å²) in [5, 5.41) is 2.37. The van der Waals surface area contributed by atoms with Crippen molar-refractivity contribution in [2.45, 2.75) is 12.8 Å². The molecule has 0 atom stereocenters. The van der Waals surface area contributed by atoms with Crippen LogP contribution in [-0.2, 0) is 0 Å². The number of hydrogen-bond donors (Lipinski definition) is 0. The van der Waals surface area contributed by atoms with Crippen LogP contribution in [0.15, 0.2) is 249 Å². The largest absolute Gasteiger partial charge is 0.307 e. The van der Waals surface area contributed by atoms with Crippen LogP contribution in [0.4, 0.5) is 0 Å². The molecule has 3 heteroatoms. The van der Waals surface area contributed by atoms with Crippen molar-refractivity contribution in [1.82, 2.24) is 14.5 Å². The quantitative estimate of drug-likeness (QED) is 0.145. The van der Waals surface area contributed by atoms with Gasteiger partial charge in [-0.2, -0.15) is 0 Å². The molecule has 0 spiro atoms. The predicted molar refractivity (Wildman–Crippen MR) is 281 cm³/mol. The van der Waals surface area contributed by atoms with Gasteiger partial charge in [0.15, 0.2) is 5.82 Å². The van der Waals surface area contributed by atoms with Gasteiger partial charge in [-0.15, -0.1) is 0 Å². The highest BCUT2D eigenvalue weighted by Gasteiger charge is 2.26. The molecule has 0 saturated carbocycles. The van der Waals surface area contributed by atoms with Crippen LogP contribution in [0.5, 0.6) is 0 Å². The Hall–Kier alpha value is -8.66. The van der Waals surface area contributed by atoms with Gasteiger partial charge in [0.25, 0.3) is 0 Å². The summed E-state index contributed by atoms with van der Waals surface area (Å²) in [6.07, 6.45) is 8.77. The zero-order valence-corrected chi connectivity index (χ0v) is 36.9. The Morgan fingerprint density at radius 1 is 0.343 bits per heavy atom. The molecule has 0 radical (unpaired) electrons. The van der Waals surface area contributed by atoms with Crippen LogP contribution in [0.3, 0.4) is 0 Å². The third kappa shape index (κ3) is 7.57. The smallest absolute Gasteiger partial charge is 0.160 e. The third-order valence-electron chi connectivity index (χ3n) is 13.0. The molecule has 1 aliphatic rings. The Bertz CT molecular complexity index is 3570. The molecule has 316 valence electrons. The fraction of sp³-hybridized carbons (Fsp3) is 0.0312. The van der Waals surface area contributed by atoms with Gasteiger partial charge in [0.05, 0.1) is 28.1 Å². The van der Waals surface area contributed by atoms with Crippen molar-refractivity contribution in [3.8, 4) is 84.0 Å². The molecule has 2 aromatic heterocycles. The van der Waals surface area contributed by atoms with E-state index in [0.29, 0.717) is 5.82 Å². The van der Waals surface area contributed by atoms with Crippen molar-refractivity contribution in [3.05, 3.63) is 254 Å². The van der Waals surface area contributed by atoms with Crippen molar-refractivity contribution in [2.75, 3.05) is 0 Å². The molecule has 9 aromatic carbocycles. The van der Waals surface area contributed by atoms with E-state index in [1.165, 1.54) is 33.0 Å². The third-order valence-corrected chi connectivity index (χ3v) is 13.0. The molecular formula is C64H45N3. The molecular weight excluding hydrogens is 811 g/mol. The van der Waals surface area contributed by atoms with E-state index < -0.39 is 0 Å². The highest BCUT2D eigenvalue weighted by atomic mass is 15.0. The van der Waals surface area contributed by atoms with Gasteiger partial charge in [-0.3, -0.25) is 0 Å². The SMILES string of the molecule is C1=CC(c2cc(-c3ccccc3)nc(-c3cc(-c4ccccc4)c(-n4c5ccc(-c6ccccc6)cc5c5cc(-c6ccccc6)cc(-c6ccccc6)c54)c(-c4ccccc4)c3)n2)=CCC1. The van der Waals surface area contributed by atoms with E-state index in [9.17, 15) is 0 Å². The van der Waals surface area contributed by atoms with Gasteiger partial charge in [0.2, 0.25) is 0 Å². The zero-order chi connectivity index (χ0) is 44.5. The molecule has 0 fully saturated rings. The lowest BCUT2D eigenvalue weighted by Gasteiger charge is -2.22. The van der Waals surface area contributed by atoms with Crippen LogP contribution >= 0.6 is 0 Å². The van der Waals surface area contributed by atoms with Gasteiger partial charge in [0, 0.05) is 38.6 Å². The van der Waals surface area contributed by atoms with Gasteiger partial charge >= 0.3 is 0 Å². The Balaban J connectivity index is 1.23. The number of rotatable bonds is 9. The molecule has 0 bridgehead atoms. The van der Waals surface area contributed by atoms with Crippen LogP contribution < -0.4 is 0 Å². The first kappa shape index (κ1) is 39.9. The fourth-order valence-corrected chi connectivity index (χ4v) is 9.79. The van der Waals surface area contributed by atoms with Crippen molar-refractivity contribution >= 4 is 27.4 Å². The Morgan fingerprint density at radius 3 is 1.37 bits per heavy atom. The topological polar surface area (TPSA) is 30.7 Å². The first-order chi connectivity index (χ1) is 33.2. The molecule has 67 heavy (non-hydrogen) atoms. The minimum absolute atomic E-state index is 0.685. The van der Waals surface area contributed by atoms with Crippen LogP contribution in [0.1, 0.15) is 18.5 Å². The van der Waals surface area contributed by atoms with Crippen molar-refractivity contribution in [1.29, 1.82) is 0 Å². The van der Waals surface area contributed by atoms with Crippen LogP contribution in [-0.4, -0.2) is 14.5 Å². The molecule has 3 nitrogen and oxygen atoms in total. The molecule has 11 aromatic rings. The number of fused-ring (bicyclic) bond motifs is 3. The molecule has 0 amide bonds. The van der Waals surface area contributed by atoms with E-state index in [2.05, 4.69) is 253 Å². The summed E-state index contributed by atoms with van der Waals surface area (Å²) in [5.41, 5.74) is 19.7.